The fourth-order valence-electron chi connectivity index (χ4n) is 2.54. The van der Waals surface area contributed by atoms with Crippen LogP contribution >= 0.6 is 0 Å². The van der Waals surface area contributed by atoms with Crippen molar-refractivity contribution in [2.45, 2.75) is 17.9 Å². The summed E-state index contributed by atoms with van der Waals surface area (Å²) in [7, 11) is -3.37. The minimum Gasteiger partial charge on any atom is -0.486 e. The molecule has 0 bridgehead atoms. The molecule has 1 aliphatic rings. The van der Waals surface area contributed by atoms with Crippen LogP contribution in [0.5, 0.6) is 11.5 Å². The second kappa shape index (κ2) is 6.76. The molecule has 0 radical (unpaired) electrons. The topological polar surface area (TPSA) is 81.7 Å². The maximum Gasteiger partial charge on any atom is 0.251 e. The van der Waals surface area contributed by atoms with E-state index in [2.05, 4.69) is 5.32 Å². The third-order valence-corrected chi connectivity index (χ3v) is 5.05. The van der Waals surface area contributed by atoms with Crippen molar-refractivity contribution >= 4 is 15.7 Å². The molecule has 0 spiro atoms. The summed E-state index contributed by atoms with van der Waals surface area (Å²) in [6.45, 7) is 2.35. The predicted octanol–water partition coefficient (Wildman–Crippen LogP) is 1.97. The molecule has 1 amide bonds. The summed E-state index contributed by atoms with van der Waals surface area (Å²) in [6.07, 6.45) is 0.807. The summed E-state index contributed by atoms with van der Waals surface area (Å²) in [5, 5.41) is 2.78. The van der Waals surface area contributed by atoms with Crippen molar-refractivity contribution in [3.63, 3.8) is 0 Å². The Hall–Kier alpha value is -2.54. The molecule has 1 heterocycles. The Morgan fingerprint density at radius 1 is 1.20 bits per heavy atom. The van der Waals surface area contributed by atoms with Gasteiger partial charge in [0.2, 0.25) is 0 Å². The largest absolute Gasteiger partial charge is 0.486 e. The molecule has 0 aromatic heterocycles. The minimum absolute atomic E-state index is 0.120. The smallest absolute Gasteiger partial charge is 0.251 e. The standard InChI is InChI=1S/C18H19NO5S/c1-12-7-8-14(25(2,21)22)9-15(12)18(20)19-10-13-11-23-16-5-3-4-6-17(16)24-13/h3-9,13H,10-11H2,1-2H3,(H,19,20)/t13-/m1/s1. The van der Waals surface area contributed by atoms with Crippen molar-refractivity contribution in [3.05, 3.63) is 53.6 Å². The van der Waals surface area contributed by atoms with E-state index in [4.69, 9.17) is 9.47 Å². The Morgan fingerprint density at radius 2 is 1.92 bits per heavy atom. The number of aryl methyl sites for hydroxylation is 1. The van der Waals surface area contributed by atoms with E-state index in [1.54, 1.807) is 13.0 Å². The van der Waals surface area contributed by atoms with E-state index in [1.807, 2.05) is 24.3 Å². The Balaban J connectivity index is 1.68. The van der Waals surface area contributed by atoms with E-state index in [0.717, 1.165) is 6.26 Å². The van der Waals surface area contributed by atoms with Crippen LogP contribution in [0.15, 0.2) is 47.4 Å². The molecule has 1 atom stereocenters. The average Bonchev–Trinajstić information content (AvgIpc) is 2.59. The molecule has 25 heavy (non-hydrogen) atoms. The number of carbonyl (C=O) groups excluding carboxylic acids is 1. The number of nitrogens with one attached hydrogen (secondary N) is 1. The Bertz CT molecular complexity index is 907. The lowest BCUT2D eigenvalue weighted by atomic mass is 10.1. The summed E-state index contributed by atoms with van der Waals surface area (Å²) >= 11 is 0. The third kappa shape index (κ3) is 3.93. The van der Waals surface area contributed by atoms with Gasteiger partial charge in [-0.25, -0.2) is 8.42 Å². The van der Waals surface area contributed by atoms with Crippen LogP contribution < -0.4 is 14.8 Å². The van der Waals surface area contributed by atoms with Crippen LogP contribution in [0.1, 0.15) is 15.9 Å². The van der Waals surface area contributed by atoms with Crippen molar-refractivity contribution in [3.8, 4) is 11.5 Å². The predicted molar refractivity (Wildman–Crippen MR) is 93.0 cm³/mol. The quantitative estimate of drug-likeness (QED) is 0.900. The van der Waals surface area contributed by atoms with Gasteiger partial charge in [0.25, 0.3) is 5.91 Å². The molecule has 3 rings (SSSR count). The molecule has 0 fully saturated rings. The van der Waals surface area contributed by atoms with E-state index in [9.17, 15) is 13.2 Å². The first-order valence-electron chi connectivity index (χ1n) is 7.82. The van der Waals surface area contributed by atoms with E-state index in [0.29, 0.717) is 29.2 Å². The van der Waals surface area contributed by atoms with Gasteiger partial charge in [-0.05, 0) is 36.8 Å². The normalized spacial score (nSPS) is 16.3. The Labute approximate surface area is 146 Å². The van der Waals surface area contributed by atoms with Gasteiger partial charge in [-0.15, -0.1) is 0 Å². The van der Waals surface area contributed by atoms with Crippen molar-refractivity contribution in [2.75, 3.05) is 19.4 Å². The van der Waals surface area contributed by atoms with Crippen molar-refractivity contribution in [1.82, 2.24) is 5.32 Å². The molecule has 7 heteroatoms. The fourth-order valence-corrected chi connectivity index (χ4v) is 3.19. The number of rotatable bonds is 4. The number of para-hydroxylation sites is 2. The Kier molecular flexibility index (Phi) is 4.67. The van der Waals surface area contributed by atoms with Crippen molar-refractivity contribution in [1.29, 1.82) is 0 Å². The molecule has 1 N–H and O–H groups in total. The van der Waals surface area contributed by atoms with E-state index >= 15 is 0 Å². The molecule has 6 nitrogen and oxygen atoms in total. The second-order valence-electron chi connectivity index (χ2n) is 5.96. The summed E-state index contributed by atoms with van der Waals surface area (Å²) in [6, 6.07) is 11.9. The van der Waals surface area contributed by atoms with Gasteiger partial charge < -0.3 is 14.8 Å². The number of benzene rings is 2. The lowest BCUT2D eigenvalue weighted by Crippen LogP contribution is -2.40. The summed E-state index contributed by atoms with van der Waals surface area (Å²) in [5.74, 6) is 0.982. The highest BCUT2D eigenvalue weighted by Gasteiger charge is 2.22. The molecular formula is C18H19NO5S. The zero-order valence-corrected chi connectivity index (χ0v) is 14.8. The van der Waals surface area contributed by atoms with Crippen molar-refractivity contribution in [2.24, 2.45) is 0 Å². The van der Waals surface area contributed by atoms with Crippen LogP contribution in [0.25, 0.3) is 0 Å². The first-order chi connectivity index (χ1) is 11.8. The monoisotopic (exact) mass is 361 g/mol. The van der Waals surface area contributed by atoms with Gasteiger partial charge >= 0.3 is 0 Å². The van der Waals surface area contributed by atoms with Gasteiger partial charge in [0.05, 0.1) is 11.4 Å². The zero-order valence-electron chi connectivity index (χ0n) is 14.0. The van der Waals surface area contributed by atoms with E-state index in [1.165, 1.54) is 12.1 Å². The highest BCUT2D eigenvalue weighted by atomic mass is 32.2. The molecule has 0 saturated carbocycles. The van der Waals surface area contributed by atoms with Crippen LogP contribution in [-0.2, 0) is 9.84 Å². The molecule has 1 aliphatic heterocycles. The maximum atomic E-state index is 12.4. The number of hydrogen-bond acceptors (Lipinski definition) is 5. The number of ether oxygens (including phenoxy) is 2. The van der Waals surface area contributed by atoms with E-state index < -0.39 is 9.84 Å². The number of sulfone groups is 1. The second-order valence-corrected chi connectivity index (χ2v) is 7.97. The van der Waals surface area contributed by atoms with Gasteiger partial charge in [-0.1, -0.05) is 18.2 Å². The van der Waals surface area contributed by atoms with Crippen LogP contribution in [0.4, 0.5) is 0 Å². The van der Waals surface area contributed by atoms with Crippen LogP contribution in [0.3, 0.4) is 0 Å². The first kappa shape index (κ1) is 17.3. The lowest BCUT2D eigenvalue weighted by molar-refractivity contribution is 0.0789. The number of carbonyl (C=O) groups is 1. The lowest BCUT2D eigenvalue weighted by Gasteiger charge is -2.26. The fraction of sp³-hybridized carbons (Fsp3) is 0.278. The average molecular weight is 361 g/mol. The maximum absolute atomic E-state index is 12.4. The van der Waals surface area contributed by atoms with Gasteiger partial charge in [-0.2, -0.15) is 0 Å². The van der Waals surface area contributed by atoms with Crippen LogP contribution in [-0.4, -0.2) is 39.8 Å². The molecular weight excluding hydrogens is 342 g/mol. The molecule has 0 aliphatic carbocycles. The van der Waals surface area contributed by atoms with Gasteiger partial charge in [0.15, 0.2) is 21.3 Å². The zero-order chi connectivity index (χ0) is 18.0. The third-order valence-electron chi connectivity index (χ3n) is 3.94. The summed E-state index contributed by atoms with van der Waals surface area (Å²) < 4.78 is 34.7. The minimum atomic E-state index is -3.37. The molecule has 2 aromatic carbocycles. The van der Waals surface area contributed by atoms with Crippen LogP contribution in [0, 0.1) is 6.92 Å². The molecule has 132 valence electrons. The summed E-state index contributed by atoms with van der Waals surface area (Å²) in [4.78, 5) is 12.6. The van der Waals surface area contributed by atoms with Gasteiger partial charge in [-0.3, -0.25) is 4.79 Å². The number of fused-ring (bicyclic) bond motifs is 1. The first-order valence-corrected chi connectivity index (χ1v) is 9.71. The summed E-state index contributed by atoms with van der Waals surface area (Å²) in [5.41, 5.74) is 1.04. The molecule has 2 aromatic rings. The number of amides is 1. The molecule has 0 saturated heterocycles. The Morgan fingerprint density at radius 3 is 2.64 bits per heavy atom. The van der Waals surface area contributed by atoms with Gasteiger partial charge in [0.1, 0.15) is 12.7 Å². The highest BCUT2D eigenvalue weighted by molar-refractivity contribution is 7.90. The highest BCUT2D eigenvalue weighted by Crippen LogP contribution is 2.30. The van der Waals surface area contributed by atoms with Crippen molar-refractivity contribution < 1.29 is 22.7 Å². The SMILES string of the molecule is Cc1ccc(S(C)(=O)=O)cc1C(=O)NC[C@@H]1COc2ccccc2O1. The number of hydrogen-bond donors (Lipinski definition) is 1. The van der Waals surface area contributed by atoms with Gasteiger partial charge in [0, 0.05) is 11.8 Å². The van der Waals surface area contributed by atoms with Crippen LogP contribution in [0.2, 0.25) is 0 Å². The molecule has 0 unspecified atom stereocenters. The van der Waals surface area contributed by atoms with E-state index in [-0.39, 0.29) is 23.5 Å².